The Balaban J connectivity index is 1.94. The molecule has 0 spiro atoms. The lowest BCUT2D eigenvalue weighted by Gasteiger charge is -2.04. The lowest BCUT2D eigenvalue weighted by molar-refractivity contribution is -0.142. The second-order valence-corrected chi connectivity index (χ2v) is 8.35. The van der Waals surface area contributed by atoms with E-state index in [9.17, 15) is 9.90 Å². The lowest BCUT2D eigenvalue weighted by Crippen LogP contribution is -2.03. The maximum atomic E-state index is 11.8. The summed E-state index contributed by atoms with van der Waals surface area (Å²) >= 11 is 0. The molecule has 0 saturated heterocycles. The van der Waals surface area contributed by atoms with Gasteiger partial charge in [0.15, 0.2) is 11.5 Å². The fourth-order valence-electron chi connectivity index (χ4n) is 3.54. The third-order valence-corrected chi connectivity index (χ3v) is 5.50. The van der Waals surface area contributed by atoms with Crippen molar-refractivity contribution in [1.82, 2.24) is 0 Å². The molecule has 0 radical (unpaired) electrons. The van der Waals surface area contributed by atoms with Crippen molar-refractivity contribution in [3.63, 3.8) is 0 Å². The van der Waals surface area contributed by atoms with Gasteiger partial charge in [-0.15, -0.1) is 0 Å². The summed E-state index contributed by atoms with van der Waals surface area (Å²) in [5, 5.41) is 9.59. The van der Waals surface area contributed by atoms with Gasteiger partial charge in [0.25, 0.3) is 0 Å². The van der Waals surface area contributed by atoms with Crippen LogP contribution in [0.25, 0.3) is 6.08 Å². The van der Waals surface area contributed by atoms with Crippen molar-refractivity contribution in [2.75, 3.05) is 13.7 Å². The van der Waals surface area contributed by atoms with Crippen LogP contribution < -0.4 is 4.74 Å². The highest BCUT2D eigenvalue weighted by Gasteiger charge is 2.02. The zero-order valence-corrected chi connectivity index (χ0v) is 20.3. The summed E-state index contributed by atoms with van der Waals surface area (Å²) in [5.74, 6) is 0.389. The Kier molecular flexibility index (Phi) is 16.9. The number of esters is 1. The molecule has 0 saturated carbocycles. The largest absolute Gasteiger partial charge is 0.504 e. The lowest BCUT2D eigenvalue weighted by atomic mass is 10.1. The molecule has 4 heteroatoms. The molecule has 0 aliphatic carbocycles. The van der Waals surface area contributed by atoms with E-state index in [2.05, 4.69) is 19.1 Å². The Morgan fingerprint density at radius 2 is 1.50 bits per heavy atom. The van der Waals surface area contributed by atoms with Crippen molar-refractivity contribution >= 4 is 12.0 Å². The number of phenols is 1. The van der Waals surface area contributed by atoms with E-state index in [-0.39, 0.29) is 18.3 Å². The number of aromatic hydroxyl groups is 1. The molecule has 0 heterocycles. The first-order valence-corrected chi connectivity index (χ1v) is 12.5. The summed E-state index contributed by atoms with van der Waals surface area (Å²) in [6.07, 6.45) is 25.0. The number of carbonyl (C=O) groups excluding carboxylic acids is 1. The van der Waals surface area contributed by atoms with Crippen LogP contribution in [0.15, 0.2) is 36.4 Å². The molecule has 32 heavy (non-hydrogen) atoms. The van der Waals surface area contributed by atoms with Gasteiger partial charge in [-0.05, 0) is 55.9 Å². The Morgan fingerprint density at radius 3 is 2.16 bits per heavy atom. The number of allylic oxidation sites excluding steroid dienone is 2. The molecule has 0 atom stereocenters. The number of unbranched alkanes of at least 4 members (excludes halogenated alkanes) is 11. The standard InChI is InChI=1S/C28H44O4/c1-3-4-5-6-7-8-9-10-11-12-13-14-15-16-17-20-28(30)32-23-18-19-25-21-22-26(29)27(24-25)31-2/h10-11,18-19,21-22,24,29H,3-9,12-17,20,23H2,1-2H3/b11-10-,19-18+. The molecule has 0 unspecified atom stereocenters. The van der Waals surface area contributed by atoms with E-state index in [0.29, 0.717) is 12.2 Å². The second-order valence-electron chi connectivity index (χ2n) is 8.35. The number of benzene rings is 1. The molecule has 4 nitrogen and oxygen atoms in total. The smallest absolute Gasteiger partial charge is 0.306 e. The molecule has 1 rings (SSSR count). The van der Waals surface area contributed by atoms with Gasteiger partial charge >= 0.3 is 5.97 Å². The zero-order valence-electron chi connectivity index (χ0n) is 20.3. The van der Waals surface area contributed by atoms with Crippen LogP contribution in [-0.2, 0) is 9.53 Å². The number of hydrogen-bond donors (Lipinski definition) is 1. The highest BCUT2D eigenvalue weighted by atomic mass is 16.5. The second kappa shape index (κ2) is 19.5. The van der Waals surface area contributed by atoms with Crippen molar-refractivity contribution in [2.24, 2.45) is 0 Å². The quantitative estimate of drug-likeness (QED) is 0.133. The van der Waals surface area contributed by atoms with Crippen molar-refractivity contribution in [2.45, 2.75) is 96.8 Å². The van der Waals surface area contributed by atoms with Gasteiger partial charge in [-0.3, -0.25) is 4.79 Å². The topological polar surface area (TPSA) is 55.8 Å². The van der Waals surface area contributed by atoms with Gasteiger partial charge in [-0.1, -0.05) is 82.6 Å². The molecule has 1 aromatic carbocycles. The van der Waals surface area contributed by atoms with E-state index >= 15 is 0 Å². The highest BCUT2D eigenvalue weighted by molar-refractivity contribution is 5.69. The third kappa shape index (κ3) is 14.7. The van der Waals surface area contributed by atoms with Crippen LogP contribution >= 0.6 is 0 Å². The molecule has 0 bridgehead atoms. The average Bonchev–Trinajstić information content (AvgIpc) is 2.80. The van der Waals surface area contributed by atoms with Gasteiger partial charge in [0.2, 0.25) is 0 Å². The molecule has 0 aliphatic rings. The number of methoxy groups -OCH3 is 1. The third-order valence-electron chi connectivity index (χ3n) is 5.50. The zero-order chi connectivity index (χ0) is 23.3. The predicted octanol–water partition coefficient (Wildman–Crippen LogP) is 7.99. The maximum absolute atomic E-state index is 11.8. The molecule has 0 amide bonds. The van der Waals surface area contributed by atoms with E-state index < -0.39 is 0 Å². The van der Waals surface area contributed by atoms with Crippen molar-refractivity contribution in [1.29, 1.82) is 0 Å². The first-order valence-electron chi connectivity index (χ1n) is 12.5. The predicted molar refractivity (Wildman–Crippen MR) is 134 cm³/mol. The van der Waals surface area contributed by atoms with Crippen molar-refractivity contribution < 1.29 is 19.4 Å². The SMILES string of the molecule is CCCCCCCC/C=C\CCCCCCCC(=O)OC/C=C/c1ccc(O)c(OC)c1. The summed E-state index contributed by atoms with van der Waals surface area (Å²) in [4.78, 5) is 11.8. The Labute approximate surface area is 195 Å². The summed E-state index contributed by atoms with van der Waals surface area (Å²) < 4.78 is 10.3. The molecular formula is C28H44O4. The minimum absolute atomic E-state index is 0.107. The van der Waals surface area contributed by atoms with Crippen LogP contribution in [0.1, 0.15) is 102 Å². The molecule has 0 aromatic heterocycles. The van der Waals surface area contributed by atoms with Crippen LogP contribution in [0.5, 0.6) is 11.5 Å². The Morgan fingerprint density at radius 1 is 0.875 bits per heavy atom. The van der Waals surface area contributed by atoms with Gasteiger partial charge < -0.3 is 14.6 Å². The first-order chi connectivity index (χ1) is 15.7. The number of carbonyl (C=O) groups is 1. The van der Waals surface area contributed by atoms with E-state index in [0.717, 1.165) is 18.4 Å². The fourth-order valence-corrected chi connectivity index (χ4v) is 3.54. The number of rotatable bonds is 19. The van der Waals surface area contributed by atoms with Gasteiger partial charge in [0.05, 0.1) is 7.11 Å². The number of ether oxygens (including phenoxy) is 2. The van der Waals surface area contributed by atoms with Gasteiger partial charge in [0.1, 0.15) is 6.61 Å². The van der Waals surface area contributed by atoms with Gasteiger partial charge in [-0.25, -0.2) is 0 Å². The van der Waals surface area contributed by atoms with Crippen LogP contribution in [0, 0.1) is 0 Å². The van der Waals surface area contributed by atoms with E-state index in [1.165, 1.54) is 77.7 Å². The fraction of sp³-hybridized carbons (Fsp3) is 0.607. The minimum Gasteiger partial charge on any atom is -0.504 e. The first kappa shape index (κ1) is 27.8. The average molecular weight is 445 g/mol. The Bertz CT molecular complexity index is 663. The minimum atomic E-state index is -0.143. The molecule has 1 N–H and O–H groups in total. The van der Waals surface area contributed by atoms with Crippen molar-refractivity contribution in [3.05, 3.63) is 42.0 Å². The number of hydrogen-bond acceptors (Lipinski definition) is 4. The van der Waals surface area contributed by atoms with Crippen LogP contribution in [0.4, 0.5) is 0 Å². The normalized spacial score (nSPS) is 11.4. The van der Waals surface area contributed by atoms with Crippen LogP contribution in [-0.4, -0.2) is 24.8 Å². The molecule has 0 aliphatic heterocycles. The summed E-state index contributed by atoms with van der Waals surface area (Å²) in [7, 11) is 1.51. The van der Waals surface area contributed by atoms with Gasteiger partial charge in [0, 0.05) is 6.42 Å². The number of phenolic OH excluding ortho intramolecular Hbond substituents is 1. The molecular weight excluding hydrogens is 400 g/mol. The highest BCUT2D eigenvalue weighted by Crippen LogP contribution is 2.26. The Hall–Kier alpha value is -2.23. The van der Waals surface area contributed by atoms with E-state index in [1.54, 1.807) is 24.3 Å². The monoisotopic (exact) mass is 444 g/mol. The molecule has 180 valence electrons. The summed E-state index contributed by atoms with van der Waals surface area (Å²) in [6.45, 7) is 2.52. The van der Waals surface area contributed by atoms with E-state index in [1.807, 2.05) is 6.08 Å². The van der Waals surface area contributed by atoms with Gasteiger partial charge in [-0.2, -0.15) is 0 Å². The van der Waals surface area contributed by atoms with E-state index in [4.69, 9.17) is 9.47 Å². The molecule has 0 fully saturated rings. The van der Waals surface area contributed by atoms with Crippen LogP contribution in [0.2, 0.25) is 0 Å². The van der Waals surface area contributed by atoms with Crippen molar-refractivity contribution in [3.8, 4) is 11.5 Å². The summed E-state index contributed by atoms with van der Waals surface area (Å²) in [5.41, 5.74) is 0.882. The maximum Gasteiger partial charge on any atom is 0.306 e. The summed E-state index contributed by atoms with van der Waals surface area (Å²) in [6, 6.07) is 5.10. The van der Waals surface area contributed by atoms with Crippen LogP contribution in [0.3, 0.4) is 0 Å². The molecule has 1 aromatic rings.